The number of benzene rings is 1. The lowest BCUT2D eigenvalue weighted by atomic mass is 9.84. The van der Waals surface area contributed by atoms with E-state index < -0.39 is 5.92 Å². The van der Waals surface area contributed by atoms with Crippen LogP contribution in [-0.2, 0) is 14.3 Å². The first kappa shape index (κ1) is 24.2. The molecule has 0 bridgehead atoms. The molecule has 1 saturated carbocycles. The highest BCUT2D eigenvalue weighted by Gasteiger charge is 2.41. The number of hydrogen-bond donors (Lipinski definition) is 0. The van der Waals surface area contributed by atoms with Gasteiger partial charge in [0.15, 0.2) is 0 Å². The summed E-state index contributed by atoms with van der Waals surface area (Å²) in [5.41, 5.74) is 0. The molecule has 2 atom stereocenters. The molecule has 2 heterocycles. The van der Waals surface area contributed by atoms with Gasteiger partial charge in [-0.25, -0.2) is 8.78 Å². The third-order valence-electron chi connectivity index (χ3n) is 6.93. The molecule has 1 aromatic rings. The molecule has 3 aliphatic rings. The summed E-state index contributed by atoms with van der Waals surface area (Å²) in [5, 5.41) is 0.565. The van der Waals surface area contributed by atoms with E-state index in [0.717, 1.165) is 0 Å². The van der Waals surface area contributed by atoms with E-state index in [1.54, 1.807) is 21.9 Å². The van der Waals surface area contributed by atoms with Crippen LogP contribution in [0.3, 0.4) is 0 Å². The first-order chi connectivity index (χ1) is 15.8. The molecule has 2 aliphatic heterocycles. The number of nitrogens with zero attached hydrogens (tertiary/aromatic N) is 2. The van der Waals surface area contributed by atoms with E-state index in [-0.39, 0.29) is 61.9 Å². The Labute approximate surface area is 198 Å². The molecule has 9 heteroatoms. The summed E-state index contributed by atoms with van der Waals surface area (Å²) in [6.07, 6.45) is 0.533. The molecule has 4 rings (SSSR count). The SMILES string of the molecule is O=C(C[C@H]1CN(C(=O)C2CCC(F)(F)CC2)CC[C@@H]1Oc1cccc(Cl)c1)N1CCOCC1. The lowest BCUT2D eigenvalue weighted by molar-refractivity contribution is -0.146. The Morgan fingerprint density at radius 3 is 2.52 bits per heavy atom. The van der Waals surface area contributed by atoms with Gasteiger partial charge in [0.2, 0.25) is 17.7 Å². The number of alkyl halides is 2. The molecule has 0 aromatic heterocycles. The van der Waals surface area contributed by atoms with Crippen LogP contribution in [-0.4, -0.2) is 73.0 Å². The fraction of sp³-hybridized carbons (Fsp3) is 0.667. The number of halogens is 3. The fourth-order valence-electron chi connectivity index (χ4n) is 4.99. The van der Waals surface area contributed by atoms with Gasteiger partial charge < -0.3 is 19.3 Å². The summed E-state index contributed by atoms with van der Waals surface area (Å²) in [6.45, 7) is 3.03. The molecule has 3 fully saturated rings. The van der Waals surface area contributed by atoms with Crippen molar-refractivity contribution in [3.63, 3.8) is 0 Å². The van der Waals surface area contributed by atoms with Crippen LogP contribution in [0.15, 0.2) is 24.3 Å². The lowest BCUT2D eigenvalue weighted by Crippen LogP contribution is -2.52. The van der Waals surface area contributed by atoms with Crippen LogP contribution >= 0.6 is 11.6 Å². The Hall–Kier alpha value is -1.93. The molecule has 33 heavy (non-hydrogen) atoms. The average Bonchev–Trinajstić information content (AvgIpc) is 2.80. The van der Waals surface area contributed by atoms with Crippen molar-refractivity contribution in [2.45, 2.75) is 50.6 Å². The Kier molecular flexibility index (Phi) is 7.74. The second-order valence-electron chi connectivity index (χ2n) is 9.27. The normalized spacial score (nSPS) is 26.2. The number of likely N-dealkylation sites (tertiary alicyclic amines) is 1. The zero-order valence-corrected chi connectivity index (χ0v) is 19.4. The zero-order valence-electron chi connectivity index (χ0n) is 18.7. The van der Waals surface area contributed by atoms with Crippen LogP contribution in [0.4, 0.5) is 8.78 Å². The molecule has 2 saturated heterocycles. The first-order valence-corrected chi connectivity index (χ1v) is 12.1. The molecule has 182 valence electrons. The van der Waals surface area contributed by atoms with Crippen molar-refractivity contribution in [3.8, 4) is 5.75 Å². The topological polar surface area (TPSA) is 59.1 Å². The average molecular weight is 485 g/mol. The number of hydrogen-bond acceptors (Lipinski definition) is 4. The lowest BCUT2D eigenvalue weighted by Gasteiger charge is -2.41. The van der Waals surface area contributed by atoms with Crippen molar-refractivity contribution < 1.29 is 27.8 Å². The molecule has 1 aromatic carbocycles. The van der Waals surface area contributed by atoms with Crippen molar-refractivity contribution in [1.82, 2.24) is 9.80 Å². The van der Waals surface area contributed by atoms with Gasteiger partial charge in [-0.3, -0.25) is 9.59 Å². The number of ether oxygens (including phenoxy) is 2. The van der Waals surface area contributed by atoms with Crippen molar-refractivity contribution in [2.75, 3.05) is 39.4 Å². The molecule has 2 amide bonds. The summed E-state index contributed by atoms with van der Waals surface area (Å²) in [5.74, 6) is -2.65. The largest absolute Gasteiger partial charge is 0.490 e. The second kappa shape index (κ2) is 10.6. The molecule has 0 radical (unpaired) electrons. The number of morpholine rings is 1. The van der Waals surface area contributed by atoms with E-state index in [1.165, 1.54) is 0 Å². The molecular weight excluding hydrogens is 454 g/mol. The summed E-state index contributed by atoms with van der Waals surface area (Å²) < 4.78 is 38.7. The number of carbonyl (C=O) groups is 2. The van der Waals surface area contributed by atoms with Crippen LogP contribution in [0.5, 0.6) is 5.75 Å². The van der Waals surface area contributed by atoms with Crippen molar-refractivity contribution >= 4 is 23.4 Å². The molecule has 1 aliphatic carbocycles. The Balaban J connectivity index is 1.43. The quantitative estimate of drug-likeness (QED) is 0.633. The Morgan fingerprint density at radius 2 is 1.82 bits per heavy atom. The third kappa shape index (κ3) is 6.35. The van der Waals surface area contributed by atoms with E-state index in [0.29, 0.717) is 56.6 Å². The van der Waals surface area contributed by atoms with E-state index in [1.807, 2.05) is 12.1 Å². The molecule has 0 unspecified atom stereocenters. The molecule has 6 nitrogen and oxygen atoms in total. The molecule has 0 spiro atoms. The van der Waals surface area contributed by atoms with Crippen LogP contribution in [0.2, 0.25) is 5.02 Å². The van der Waals surface area contributed by atoms with Gasteiger partial charge in [0, 0.05) is 68.7 Å². The highest BCUT2D eigenvalue weighted by molar-refractivity contribution is 6.30. The predicted molar refractivity (Wildman–Crippen MR) is 119 cm³/mol. The van der Waals surface area contributed by atoms with Gasteiger partial charge >= 0.3 is 0 Å². The maximum Gasteiger partial charge on any atom is 0.248 e. The van der Waals surface area contributed by atoms with Gasteiger partial charge in [0.25, 0.3) is 0 Å². The number of amides is 2. The minimum absolute atomic E-state index is 0.0228. The maximum atomic E-state index is 13.6. The van der Waals surface area contributed by atoms with E-state index in [4.69, 9.17) is 21.1 Å². The summed E-state index contributed by atoms with van der Waals surface area (Å²) >= 11 is 6.10. The number of carbonyl (C=O) groups excluding carboxylic acids is 2. The Morgan fingerprint density at radius 1 is 1.09 bits per heavy atom. The Bertz CT molecular complexity index is 840. The van der Waals surface area contributed by atoms with Crippen LogP contribution in [0.1, 0.15) is 38.5 Å². The van der Waals surface area contributed by atoms with Crippen LogP contribution < -0.4 is 4.74 Å². The smallest absolute Gasteiger partial charge is 0.248 e. The number of piperidine rings is 1. The highest BCUT2D eigenvalue weighted by atomic mass is 35.5. The van der Waals surface area contributed by atoms with E-state index in [9.17, 15) is 18.4 Å². The minimum atomic E-state index is -2.66. The van der Waals surface area contributed by atoms with Gasteiger partial charge in [-0.1, -0.05) is 17.7 Å². The van der Waals surface area contributed by atoms with Gasteiger partial charge in [0.1, 0.15) is 11.9 Å². The van der Waals surface area contributed by atoms with Gasteiger partial charge in [-0.15, -0.1) is 0 Å². The van der Waals surface area contributed by atoms with Gasteiger partial charge in [-0.2, -0.15) is 0 Å². The fourth-order valence-corrected chi connectivity index (χ4v) is 5.17. The maximum absolute atomic E-state index is 13.6. The van der Waals surface area contributed by atoms with Gasteiger partial charge in [0.05, 0.1) is 13.2 Å². The molecular formula is C24H31ClF2N2O4. The third-order valence-corrected chi connectivity index (χ3v) is 7.16. The van der Waals surface area contributed by atoms with Crippen LogP contribution in [0.25, 0.3) is 0 Å². The van der Waals surface area contributed by atoms with E-state index in [2.05, 4.69) is 0 Å². The summed E-state index contributed by atoms with van der Waals surface area (Å²) in [4.78, 5) is 29.6. The minimum Gasteiger partial charge on any atom is -0.490 e. The summed E-state index contributed by atoms with van der Waals surface area (Å²) in [7, 11) is 0. The predicted octanol–water partition coefficient (Wildman–Crippen LogP) is 4.01. The zero-order chi connectivity index (χ0) is 23.4. The number of rotatable bonds is 5. The van der Waals surface area contributed by atoms with Gasteiger partial charge in [-0.05, 0) is 31.0 Å². The first-order valence-electron chi connectivity index (χ1n) is 11.7. The van der Waals surface area contributed by atoms with Crippen molar-refractivity contribution in [3.05, 3.63) is 29.3 Å². The second-order valence-corrected chi connectivity index (χ2v) is 9.71. The monoisotopic (exact) mass is 484 g/mol. The molecule has 0 N–H and O–H groups in total. The highest BCUT2D eigenvalue weighted by Crippen LogP contribution is 2.38. The summed E-state index contributed by atoms with van der Waals surface area (Å²) in [6, 6.07) is 7.14. The van der Waals surface area contributed by atoms with Crippen molar-refractivity contribution in [2.24, 2.45) is 11.8 Å². The standard InChI is InChI=1S/C24H31ClF2N2O4/c25-19-2-1-3-20(15-19)33-21-6-9-29(23(31)17-4-7-24(26,27)8-5-17)16-18(21)14-22(30)28-10-12-32-13-11-28/h1-3,15,17-18,21H,4-14,16H2/t18-,21-/m0/s1. The van der Waals surface area contributed by atoms with Crippen molar-refractivity contribution in [1.29, 1.82) is 0 Å². The van der Waals surface area contributed by atoms with E-state index >= 15 is 0 Å². The van der Waals surface area contributed by atoms with Crippen LogP contribution in [0, 0.1) is 11.8 Å².